The second-order valence-corrected chi connectivity index (χ2v) is 5.29. The summed E-state index contributed by atoms with van der Waals surface area (Å²) in [6, 6.07) is 12.4. The molecule has 2 heterocycles. The largest absolute Gasteiger partial charge is 0.351 e. The molecule has 3 rings (SSSR count). The summed E-state index contributed by atoms with van der Waals surface area (Å²) >= 11 is 1.75. The van der Waals surface area contributed by atoms with Gasteiger partial charge in [0.15, 0.2) is 0 Å². The number of para-hydroxylation sites is 2. The highest BCUT2D eigenvalue weighted by atomic mass is 32.1. The van der Waals surface area contributed by atoms with E-state index in [4.69, 9.17) is 0 Å². The third kappa shape index (κ3) is 2.39. The first-order valence-corrected chi connectivity index (χ1v) is 7.09. The molecule has 0 aliphatic rings. The Morgan fingerprint density at radius 3 is 2.95 bits per heavy atom. The number of thiophene rings is 1. The zero-order valence-corrected chi connectivity index (χ0v) is 11.4. The molecule has 96 valence electrons. The molecule has 0 atom stereocenters. The fraction of sp³-hybridized carbons (Fsp3) is 0.133. The molecular formula is C15H15N3S. The van der Waals surface area contributed by atoms with E-state index in [0.29, 0.717) is 0 Å². The second-order valence-electron chi connectivity index (χ2n) is 4.26. The van der Waals surface area contributed by atoms with Crippen molar-refractivity contribution in [3.05, 3.63) is 59.3 Å². The number of hydrogen-bond donors (Lipinski definition) is 1. The monoisotopic (exact) mass is 269 g/mol. The van der Waals surface area contributed by atoms with Gasteiger partial charge in [0.25, 0.3) is 0 Å². The summed E-state index contributed by atoms with van der Waals surface area (Å²) in [4.78, 5) is 5.94. The van der Waals surface area contributed by atoms with Gasteiger partial charge < -0.3 is 9.88 Å². The molecule has 1 aromatic carbocycles. The van der Waals surface area contributed by atoms with Crippen LogP contribution in [0, 0.1) is 0 Å². The smallest absolute Gasteiger partial charge is 0.204 e. The third-order valence-electron chi connectivity index (χ3n) is 2.97. The number of hydrogen-bond acceptors (Lipinski definition) is 3. The minimum absolute atomic E-state index is 0.757. The van der Waals surface area contributed by atoms with Crippen molar-refractivity contribution in [1.82, 2.24) is 9.55 Å². The minimum Gasteiger partial charge on any atom is -0.351 e. The molecular weight excluding hydrogens is 254 g/mol. The van der Waals surface area contributed by atoms with E-state index < -0.39 is 0 Å². The highest BCUT2D eigenvalue weighted by Gasteiger charge is 2.08. The molecule has 0 fully saturated rings. The quantitative estimate of drug-likeness (QED) is 0.712. The molecule has 0 aliphatic heterocycles. The average Bonchev–Trinajstić information content (AvgIpc) is 3.05. The molecule has 0 unspecified atom stereocenters. The number of anilines is 1. The van der Waals surface area contributed by atoms with Crippen LogP contribution in [0.5, 0.6) is 0 Å². The van der Waals surface area contributed by atoms with E-state index in [9.17, 15) is 0 Å². The number of benzene rings is 1. The highest BCUT2D eigenvalue weighted by molar-refractivity contribution is 7.09. The first-order valence-electron chi connectivity index (χ1n) is 6.21. The lowest BCUT2D eigenvalue weighted by atomic mass is 10.3. The maximum atomic E-state index is 4.64. The predicted molar refractivity (Wildman–Crippen MR) is 81.6 cm³/mol. The minimum atomic E-state index is 0.757. The van der Waals surface area contributed by atoms with Crippen LogP contribution in [-0.4, -0.2) is 9.55 Å². The Morgan fingerprint density at radius 1 is 1.26 bits per heavy atom. The maximum absolute atomic E-state index is 4.64. The lowest BCUT2D eigenvalue weighted by molar-refractivity contribution is 0.848. The van der Waals surface area contributed by atoms with Crippen LogP contribution in [-0.2, 0) is 13.1 Å². The zero-order chi connectivity index (χ0) is 13.1. The standard InChI is InChI=1S/C15H15N3S/c1-2-9-18-14-8-4-3-7-13(14)17-15(18)16-11-12-6-5-10-19-12/h2-8,10H,1,9,11H2,(H,16,17). The Labute approximate surface area is 116 Å². The van der Waals surface area contributed by atoms with Crippen molar-refractivity contribution >= 4 is 28.3 Å². The summed E-state index contributed by atoms with van der Waals surface area (Å²) in [7, 11) is 0. The highest BCUT2D eigenvalue weighted by Crippen LogP contribution is 2.20. The topological polar surface area (TPSA) is 29.9 Å². The van der Waals surface area contributed by atoms with E-state index in [2.05, 4.69) is 45.0 Å². The van der Waals surface area contributed by atoms with Gasteiger partial charge in [0.2, 0.25) is 5.95 Å². The van der Waals surface area contributed by atoms with Gasteiger partial charge in [-0.1, -0.05) is 24.3 Å². The molecule has 0 spiro atoms. The first-order chi connectivity index (χ1) is 9.38. The van der Waals surface area contributed by atoms with Crippen molar-refractivity contribution in [1.29, 1.82) is 0 Å². The van der Waals surface area contributed by atoms with Gasteiger partial charge in [-0.2, -0.15) is 0 Å². The number of imidazole rings is 1. The molecule has 3 aromatic rings. The molecule has 2 aromatic heterocycles. The predicted octanol–water partition coefficient (Wildman–Crippen LogP) is 3.90. The molecule has 0 aliphatic carbocycles. The zero-order valence-electron chi connectivity index (χ0n) is 10.5. The van der Waals surface area contributed by atoms with Crippen molar-refractivity contribution in [3.63, 3.8) is 0 Å². The van der Waals surface area contributed by atoms with Gasteiger partial charge >= 0.3 is 0 Å². The molecule has 0 amide bonds. The Balaban J connectivity index is 1.92. The van der Waals surface area contributed by atoms with Gasteiger partial charge in [-0.25, -0.2) is 4.98 Å². The summed E-state index contributed by atoms with van der Waals surface area (Å²) in [5.41, 5.74) is 2.15. The van der Waals surface area contributed by atoms with Crippen molar-refractivity contribution in [3.8, 4) is 0 Å². The molecule has 4 heteroatoms. The van der Waals surface area contributed by atoms with Crippen LogP contribution in [0.3, 0.4) is 0 Å². The third-order valence-corrected chi connectivity index (χ3v) is 3.84. The van der Waals surface area contributed by atoms with E-state index in [0.717, 1.165) is 30.1 Å². The molecule has 0 bridgehead atoms. The Hall–Kier alpha value is -2.07. The van der Waals surface area contributed by atoms with Gasteiger partial charge in [-0.05, 0) is 23.6 Å². The molecule has 1 N–H and O–H groups in total. The van der Waals surface area contributed by atoms with E-state index >= 15 is 0 Å². The van der Waals surface area contributed by atoms with Gasteiger partial charge in [-0.15, -0.1) is 17.9 Å². The normalized spacial score (nSPS) is 10.7. The number of allylic oxidation sites excluding steroid dienone is 1. The van der Waals surface area contributed by atoms with Crippen LogP contribution in [0.15, 0.2) is 54.4 Å². The fourth-order valence-corrected chi connectivity index (χ4v) is 2.75. The van der Waals surface area contributed by atoms with E-state index in [-0.39, 0.29) is 0 Å². The molecule has 0 saturated carbocycles. The molecule has 0 radical (unpaired) electrons. The summed E-state index contributed by atoms with van der Waals surface area (Å²) in [6.45, 7) is 5.38. The average molecular weight is 269 g/mol. The van der Waals surface area contributed by atoms with Crippen molar-refractivity contribution in [2.24, 2.45) is 0 Å². The number of rotatable bonds is 5. The van der Waals surface area contributed by atoms with Crippen molar-refractivity contribution in [2.45, 2.75) is 13.1 Å². The van der Waals surface area contributed by atoms with Gasteiger partial charge in [0, 0.05) is 11.4 Å². The van der Waals surface area contributed by atoms with Crippen LogP contribution >= 0.6 is 11.3 Å². The van der Waals surface area contributed by atoms with Crippen LogP contribution < -0.4 is 5.32 Å². The summed E-state index contributed by atoms with van der Waals surface area (Å²) < 4.78 is 2.15. The second kappa shape index (κ2) is 5.28. The fourth-order valence-electron chi connectivity index (χ4n) is 2.10. The van der Waals surface area contributed by atoms with E-state index in [1.54, 1.807) is 11.3 Å². The lowest BCUT2D eigenvalue weighted by Crippen LogP contribution is -2.06. The maximum Gasteiger partial charge on any atom is 0.204 e. The van der Waals surface area contributed by atoms with Crippen molar-refractivity contribution < 1.29 is 0 Å². The Bertz CT molecular complexity index is 683. The van der Waals surface area contributed by atoms with Gasteiger partial charge in [0.1, 0.15) is 0 Å². The summed E-state index contributed by atoms with van der Waals surface area (Å²) in [5.74, 6) is 0.898. The first kappa shape index (κ1) is 12.0. The SMILES string of the molecule is C=CCn1c(NCc2cccs2)nc2ccccc21. The molecule has 0 saturated heterocycles. The van der Waals surface area contributed by atoms with Gasteiger partial charge in [0.05, 0.1) is 17.6 Å². The van der Waals surface area contributed by atoms with E-state index in [1.807, 2.05) is 24.3 Å². The van der Waals surface area contributed by atoms with Crippen molar-refractivity contribution in [2.75, 3.05) is 5.32 Å². The van der Waals surface area contributed by atoms with Crippen LogP contribution in [0.25, 0.3) is 11.0 Å². The number of nitrogens with zero attached hydrogens (tertiary/aromatic N) is 2. The lowest BCUT2D eigenvalue weighted by Gasteiger charge is -2.07. The van der Waals surface area contributed by atoms with E-state index in [1.165, 1.54) is 4.88 Å². The van der Waals surface area contributed by atoms with Crippen LogP contribution in [0.2, 0.25) is 0 Å². The van der Waals surface area contributed by atoms with Crippen LogP contribution in [0.4, 0.5) is 5.95 Å². The number of nitrogens with one attached hydrogen (secondary N) is 1. The molecule has 3 nitrogen and oxygen atoms in total. The van der Waals surface area contributed by atoms with Crippen LogP contribution in [0.1, 0.15) is 4.88 Å². The number of aromatic nitrogens is 2. The molecule has 19 heavy (non-hydrogen) atoms. The Kier molecular flexibility index (Phi) is 3.33. The number of fused-ring (bicyclic) bond motifs is 1. The summed E-state index contributed by atoms with van der Waals surface area (Å²) in [5, 5.41) is 5.49. The summed E-state index contributed by atoms with van der Waals surface area (Å²) in [6.07, 6.45) is 1.89. The van der Waals surface area contributed by atoms with Gasteiger partial charge in [-0.3, -0.25) is 0 Å². The Morgan fingerprint density at radius 2 is 2.16 bits per heavy atom.